The molecule has 2 rings (SSSR count). The van der Waals surface area contributed by atoms with E-state index in [4.69, 9.17) is 0 Å². The molecule has 6 nitrogen and oxygen atoms in total. The minimum atomic E-state index is -3.36. The smallest absolute Gasteiger partial charge is 0.258 e. The van der Waals surface area contributed by atoms with Gasteiger partial charge in [-0.25, -0.2) is 8.42 Å². The Kier molecular flexibility index (Phi) is 4.39. The average Bonchev–Trinajstić information content (AvgIpc) is 2.39. The molecule has 0 aromatic heterocycles. The van der Waals surface area contributed by atoms with Gasteiger partial charge in [-0.3, -0.25) is 10.1 Å². The average molecular weight is 298 g/mol. The first-order chi connectivity index (χ1) is 9.40. The molecule has 7 heteroatoms. The number of nitro benzene ring substituents is 1. The molecule has 1 aliphatic rings. The van der Waals surface area contributed by atoms with Crippen molar-refractivity contribution in [3.63, 3.8) is 0 Å². The standard InChI is InChI=1S/C13H18N2O4S/c1-11-4-2-3-9-14(11)20(18,19)10-12-5-7-13(8-6-12)15(16)17/h5-8,11H,2-4,9-10H2,1H3. The molecule has 0 N–H and O–H groups in total. The second-order valence-electron chi connectivity index (χ2n) is 5.14. The Morgan fingerprint density at radius 3 is 2.50 bits per heavy atom. The highest BCUT2D eigenvalue weighted by Gasteiger charge is 2.29. The fourth-order valence-electron chi connectivity index (χ4n) is 2.49. The fourth-order valence-corrected chi connectivity index (χ4v) is 4.33. The van der Waals surface area contributed by atoms with Crippen molar-refractivity contribution in [2.24, 2.45) is 0 Å². The van der Waals surface area contributed by atoms with Gasteiger partial charge in [-0.15, -0.1) is 0 Å². The van der Waals surface area contributed by atoms with E-state index in [1.165, 1.54) is 24.3 Å². The van der Waals surface area contributed by atoms with Gasteiger partial charge in [0, 0.05) is 24.7 Å². The van der Waals surface area contributed by atoms with Crippen LogP contribution in [0, 0.1) is 10.1 Å². The topological polar surface area (TPSA) is 80.5 Å². The highest BCUT2D eigenvalue weighted by molar-refractivity contribution is 7.88. The number of hydrogen-bond donors (Lipinski definition) is 0. The summed E-state index contributed by atoms with van der Waals surface area (Å²) in [4.78, 5) is 10.1. The van der Waals surface area contributed by atoms with Gasteiger partial charge in [0.15, 0.2) is 0 Å². The van der Waals surface area contributed by atoms with Crippen LogP contribution in [0.3, 0.4) is 0 Å². The molecule has 1 atom stereocenters. The van der Waals surface area contributed by atoms with Crippen molar-refractivity contribution in [3.05, 3.63) is 39.9 Å². The Hall–Kier alpha value is -1.47. The third-order valence-corrected chi connectivity index (χ3v) is 5.55. The highest BCUT2D eigenvalue weighted by Crippen LogP contribution is 2.23. The summed E-state index contributed by atoms with van der Waals surface area (Å²) in [5, 5.41) is 10.6. The van der Waals surface area contributed by atoms with Crippen molar-refractivity contribution in [1.82, 2.24) is 4.31 Å². The Balaban J connectivity index is 2.13. The van der Waals surface area contributed by atoms with E-state index in [9.17, 15) is 18.5 Å². The summed E-state index contributed by atoms with van der Waals surface area (Å²) in [5.74, 6) is -0.102. The molecule has 1 aromatic carbocycles. The van der Waals surface area contributed by atoms with Crippen LogP contribution in [0.4, 0.5) is 5.69 Å². The van der Waals surface area contributed by atoms with E-state index < -0.39 is 14.9 Å². The van der Waals surface area contributed by atoms with Gasteiger partial charge in [0.2, 0.25) is 10.0 Å². The quantitative estimate of drug-likeness (QED) is 0.631. The highest BCUT2D eigenvalue weighted by atomic mass is 32.2. The van der Waals surface area contributed by atoms with Crippen LogP contribution < -0.4 is 0 Å². The summed E-state index contributed by atoms with van der Waals surface area (Å²) in [5.41, 5.74) is 0.547. The largest absolute Gasteiger partial charge is 0.269 e. The molecule has 1 aromatic rings. The zero-order valence-corrected chi connectivity index (χ0v) is 12.2. The third kappa shape index (κ3) is 3.34. The molecular weight excluding hydrogens is 280 g/mol. The lowest BCUT2D eigenvalue weighted by Crippen LogP contribution is -2.42. The lowest BCUT2D eigenvalue weighted by molar-refractivity contribution is -0.384. The van der Waals surface area contributed by atoms with E-state index in [0.29, 0.717) is 12.1 Å². The number of hydrogen-bond acceptors (Lipinski definition) is 4. The number of non-ortho nitro benzene ring substituents is 1. The van der Waals surface area contributed by atoms with Crippen molar-refractivity contribution >= 4 is 15.7 Å². The van der Waals surface area contributed by atoms with Gasteiger partial charge in [0.1, 0.15) is 0 Å². The van der Waals surface area contributed by atoms with Gasteiger partial charge in [-0.2, -0.15) is 4.31 Å². The van der Waals surface area contributed by atoms with Crippen LogP contribution in [-0.2, 0) is 15.8 Å². The SMILES string of the molecule is CC1CCCCN1S(=O)(=O)Cc1ccc([N+](=O)[O-])cc1. The summed E-state index contributed by atoms with van der Waals surface area (Å²) in [6.45, 7) is 2.49. The fraction of sp³-hybridized carbons (Fsp3) is 0.538. The van der Waals surface area contributed by atoms with Crippen LogP contribution in [0.15, 0.2) is 24.3 Å². The van der Waals surface area contributed by atoms with Gasteiger partial charge in [-0.05, 0) is 25.3 Å². The molecule has 1 heterocycles. The molecule has 0 spiro atoms. The Morgan fingerprint density at radius 1 is 1.30 bits per heavy atom. The minimum absolute atomic E-state index is 0.0301. The van der Waals surface area contributed by atoms with Gasteiger partial charge in [0.25, 0.3) is 5.69 Å². The van der Waals surface area contributed by atoms with E-state index in [1.54, 1.807) is 4.31 Å². The molecular formula is C13H18N2O4S. The molecule has 1 unspecified atom stereocenters. The van der Waals surface area contributed by atoms with Gasteiger partial charge < -0.3 is 0 Å². The zero-order valence-electron chi connectivity index (χ0n) is 11.4. The minimum Gasteiger partial charge on any atom is -0.258 e. The van der Waals surface area contributed by atoms with Gasteiger partial charge in [0.05, 0.1) is 10.7 Å². The maximum absolute atomic E-state index is 12.4. The third-order valence-electron chi connectivity index (χ3n) is 3.60. The summed E-state index contributed by atoms with van der Waals surface area (Å²) >= 11 is 0. The maximum atomic E-state index is 12.4. The number of nitro groups is 1. The molecule has 1 fully saturated rings. The molecule has 110 valence electrons. The summed E-state index contributed by atoms with van der Waals surface area (Å²) in [7, 11) is -3.36. The molecule has 20 heavy (non-hydrogen) atoms. The predicted molar refractivity (Wildman–Crippen MR) is 75.7 cm³/mol. The molecule has 0 radical (unpaired) electrons. The van der Waals surface area contributed by atoms with Crippen LogP contribution >= 0.6 is 0 Å². The van der Waals surface area contributed by atoms with Crippen LogP contribution in [0.25, 0.3) is 0 Å². The van der Waals surface area contributed by atoms with E-state index in [2.05, 4.69) is 0 Å². The summed E-state index contributed by atoms with van der Waals surface area (Å²) < 4.78 is 26.3. The second-order valence-corrected chi connectivity index (χ2v) is 7.06. The monoisotopic (exact) mass is 298 g/mol. The molecule has 0 bridgehead atoms. The first-order valence-electron chi connectivity index (χ1n) is 6.63. The first-order valence-corrected chi connectivity index (χ1v) is 8.24. The molecule has 0 amide bonds. The van der Waals surface area contributed by atoms with Crippen molar-refractivity contribution in [3.8, 4) is 0 Å². The van der Waals surface area contributed by atoms with Gasteiger partial charge in [-0.1, -0.05) is 18.6 Å². The lowest BCUT2D eigenvalue weighted by atomic mass is 10.1. The van der Waals surface area contributed by atoms with Crippen molar-refractivity contribution in [2.75, 3.05) is 6.54 Å². The molecule has 0 saturated carbocycles. The molecule has 0 aliphatic carbocycles. The zero-order chi connectivity index (χ0) is 14.8. The Morgan fingerprint density at radius 2 is 1.95 bits per heavy atom. The van der Waals surface area contributed by atoms with Gasteiger partial charge >= 0.3 is 0 Å². The summed E-state index contributed by atoms with van der Waals surface area (Å²) in [6.07, 6.45) is 2.84. The Bertz CT molecular complexity index is 583. The maximum Gasteiger partial charge on any atom is 0.269 e. The van der Waals surface area contributed by atoms with Crippen LogP contribution in [0.2, 0.25) is 0 Å². The molecule has 1 saturated heterocycles. The van der Waals surface area contributed by atoms with E-state index in [1.807, 2.05) is 6.92 Å². The predicted octanol–water partition coefficient (Wildman–Crippen LogP) is 2.30. The van der Waals surface area contributed by atoms with E-state index in [0.717, 1.165) is 19.3 Å². The number of rotatable bonds is 4. The summed E-state index contributed by atoms with van der Waals surface area (Å²) in [6, 6.07) is 5.72. The van der Waals surface area contributed by atoms with E-state index in [-0.39, 0.29) is 17.5 Å². The van der Waals surface area contributed by atoms with Crippen molar-refractivity contribution in [2.45, 2.75) is 38.0 Å². The first kappa shape index (κ1) is 14.9. The lowest BCUT2D eigenvalue weighted by Gasteiger charge is -2.32. The number of benzene rings is 1. The van der Waals surface area contributed by atoms with Crippen LogP contribution in [-0.4, -0.2) is 30.2 Å². The molecule has 1 aliphatic heterocycles. The van der Waals surface area contributed by atoms with Crippen molar-refractivity contribution in [1.29, 1.82) is 0 Å². The van der Waals surface area contributed by atoms with Crippen molar-refractivity contribution < 1.29 is 13.3 Å². The Labute approximate surface area is 118 Å². The normalized spacial score (nSPS) is 20.8. The second kappa shape index (κ2) is 5.88. The number of nitrogens with zero attached hydrogens (tertiary/aromatic N) is 2. The van der Waals surface area contributed by atoms with Crippen LogP contribution in [0.1, 0.15) is 31.7 Å². The van der Waals surface area contributed by atoms with Crippen LogP contribution in [0.5, 0.6) is 0 Å². The number of piperidine rings is 1. The number of sulfonamides is 1. The van der Waals surface area contributed by atoms with E-state index >= 15 is 0 Å².